The maximum atomic E-state index is 5.96. The lowest BCUT2D eigenvalue weighted by Gasteiger charge is -2.09. The smallest absolute Gasteiger partial charge is 0.247 e. The maximum Gasteiger partial charge on any atom is 0.247 e. The fraction of sp³-hybridized carbons (Fsp3) is 0.105. The van der Waals surface area contributed by atoms with Crippen molar-refractivity contribution < 1.29 is 9.47 Å². The van der Waals surface area contributed by atoms with Crippen LogP contribution in [-0.4, -0.2) is 26.2 Å². The molecule has 0 spiro atoms. The first-order valence-electron chi connectivity index (χ1n) is 8.02. The highest BCUT2D eigenvalue weighted by molar-refractivity contribution is 5.61. The van der Waals surface area contributed by atoms with E-state index in [2.05, 4.69) is 15.1 Å². The molecule has 25 heavy (non-hydrogen) atoms. The van der Waals surface area contributed by atoms with E-state index in [1.807, 2.05) is 73.8 Å². The van der Waals surface area contributed by atoms with Gasteiger partial charge in [-0.15, -0.1) is 5.10 Å². The van der Waals surface area contributed by atoms with Gasteiger partial charge < -0.3 is 9.47 Å². The highest BCUT2D eigenvalue weighted by Crippen LogP contribution is 2.26. The second-order valence-electron chi connectivity index (χ2n) is 5.29. The molecule has 124 valence electrons. The summed E-state index contributed by atoms with van der Waals surface area (Å²) in [7, 11) is 0. The van der Waals surface area contributed by atoms with E-state index in [0.29, 0.717) is 35.6 Å². The minimum absolute atomic E-state index is 0.469. The summed E-state index contributed by atoms with van der Waals surface area (Å²) in [5.41, 5.74) is 1.41. The number of pyridine rings is 1. The summed E-state index contributed by atoms with van der Waals surface area (Å²) in [6, 6.07) is 18.9. The van der Waals surface area contributed by atoms with Crippen LogP contribution in [0.4, 0.5) is 0 Å². The zero-order chi connectivity index (χ0) is 17.1. The van der Waals surface area contributed by atoms with Crippen molar-refractivity contribution in [3.05, 3.63) is 66.9 Å². The Kier molecular flexibility index (Phi) is 4.00. The van der Waals surface area contributed by atoms with Gasteiger partial charge in [-0.2, -0.15) is 4.98 Å². The molecule has 0 unspecified atom stereocenters. The van der Waals surface area contributed by atoms with Crippen molar-refractivity contribution in [3.8, 4) is 29.0 Å². The fourth-order valence-electron chi connectivity index (χ4n) is 2.46. The van der Waals surface area contributed by atoms with Gasteiger partial charge in [0.15, 0.2) is 0 Å². The van der Waals surface area contributed by atoms with E-state index in [0.717, 1.165) is 5.52 Å². The third kappa shape index (κ3) is 3.14. The average Bonchev–Trinajstić information content (AvgIpc) is 3.12. The maximum absolute atomic E-state index is 5.96. The number of ether oxygens (including phenoxy) is 2. The third-order valence-corrected chi connectivity index (χ3v) is 3.56. The molecule has 3 heterocycles. The van der Waals surface area contributed by atoms with Crippen molar-refractivity contribution in [2.24, 2.45) is 0 Å². The predicted octanol–water partition coefficient (Wildman–Crippen LogP) is 3.98. The van der Waals surface area contributed by atoms with E-state index < -0.39 is 0 Å². The molecule has 0 saturated carbocycles. The van der Waals surface area contributed by atoms with Gasteiger partial charge in [-0.1, -0.05) is 24.3 Å². The molecule has 0 N–H and O–H groups in total. The van der Waals surface area contributed by atoms with Crippen LogP contribution >= 0.6 is 0 Å². The third-order valence-electron chi connectivity index (χ3n) is 3.56. The fourth-order valence-corrected chi connectivity index (χ4v) is 2.46. The van der Waals surface area contributed by atoms with Crippen molar-refractivity contribution in [3.63, 3.8) is 0 Å². The lowest BCUT2D eigenvalue weighted by atomic mass is 10.3. The molecule has 6 nitrogen and oxygen atoms in total. The first-order chi connectivity index (χ1) is 12.3. The molecular weight excluding hydrogens is 316 g/mol. The molecule has 4 aromatic rings. The minimum Gasteiger partial charge on any atom is -0.478 e. The first kappa shape index (κ1) is 15.1. The molecule has 3 aromatic heterocycles. The summed E-state index contributed by atoms with van der Waals surface area (Å²) >= 11 is 0. The Labute approximate surface area is 144 Å². The Bertz CT molecular complexity index is 999. The largest absolute Gasteiger partial charge is 0.478 e. The van der Waals surface area contributed by atoms with Crippen LogP contribution in [0.15, 0.2) is 66.9 Å². The molecule has 0 fully saturated rings. The minimum atomic E-state index is 0.469. The molecule has 0 amide bonds. The van der Waals surface area contributed by atoms with E-state index in [-0.39, 0.29) is 0 Å². The standard InChI is InChI=1S/C19H16N4O2/c1-2-24-17-12-6-10-15(20-17)18-21-19(16-11-7-13-23(16)22-18)25-14-8-4-3-5-9-14/h3-13H,2H2,1H3. The van der Waals surface area contributed by atoms with Gasteiger partial charge in [0.25, 0.3) is 0 Å². The van der Waals surface area contributed by atoms with Gasteiger partial charge in [0.05, 0.1) is 6.61 Å². The number of para-hydroxylation sites is 1. The lowest BCUT2D eigenvalue weighted by molar-refractivity contribution is 0.327. The second kappa shape index (κ2) is 6.60. The topological polar surface area (TPSA) is 61.5 Å². The summed E-state index contributed by atoms with van der Waals surface area (Å²) < 4.78 is 13.2. The SMILES string of the molecule is CCOc1cccc(-c2nc(Oc3ccccc3)c3cccn3n2)n1. The molecule has 0 aliphatic carbocycles. The van der Waals surface area contributed by atoms with Crippen molar-refractivity contribution >= 4 is 5.52 Å². The average molecular weight is 332 g/mol. The lowest BCUT2D eigenvalue weighted by Crippen LogP contribution is -2.02. The van der Waals surface area contributed by atoms with Crippen molar-refractivity contribution in [1.29, 1.82) is 0 Å². The number of benzene rings is 1. The van der Waals surface area contributed by atoms with Crippen molar-refractivity contribution in [2.45, 2.75) is 6.92 Å². The Hall–Kier alpha value is -3.41. The molecule has 0 bridgehead atoms. The zero-order valence-electron chi connectivity index (χ0n) is 13.7. The molecule has 4 rings (SSSR count). The number of hydrogen-bond donors (Lipinski definition) is 0. The number of rotatable bonds is 5. The van der Waals surface area contributed by atoms with E-state index in [1.165, 1.54) is 0 Å². The number of aromatic nitrogens is 4. The molecule has 6 heteroatoms. The van der Waals surface area contributed by atoms with E-state index in [1.54, 1.807) is 4.52 Å². The number of fused-ring (bicyclic) bond motifs is 1. The van der Waals surface area contributed by atoms with Gasteiger partial charge >= 0.3 is 0 Å². The Morgan fingerprint density at radius 2 is 1.80 bits per heavy atom. The molecule has 0 saturated heterocycles. The van der Waals surface area contributed by atoms with Crippen molar-refractivity contribution in [2.75, 3.05) is 6.61 Å². The molecule has 0 aliphatic heterocycles. The Balaban J connectivity index is 1.79. The Morgan fingerprint density at radius 3 is 2.64 bits per heavy atom. The molecule has 0 aliphatic rings. The van der Waals surface area contributed by atoms with Gasteiger partial charge in [0.2, 0.25) is 17.6 Å². The predicted molar refractivity (Wildman–Crippen MR) is 93.9 cm³/mol. The summed E-state index contributed by atoms with van der Waals surface area (Å²) in [5, 5.41) is 4.52. The quantitative estimate of drug-likeness (QED) is 0.553. The van der Waals surface area contributed by atoms with Crippen LogP contribution in [0.1, 0.15) is 6.92 Å². The monoisotopic (exact) mass is 332 g/mol. The number of nitrogens with zero attached hydrogens (tertiary/aromatic N) is 4. The van der Waals surface area contributed by atoms with E-state index in [4.69, 9.17) is 9.47 Å². The highest BCUT2D eigenvalue weighted by Gasteiger charge is 2.13. The zero-order valence-corrected chi connectivity index (χ0v) is 13.7. The van der Waals surface area contributed by atoms with Crippen LogP contribution in [-0.2, 0) is 0 Å². The van der Waals surface area contributed by atoms with E-state index >= 15 is 0 Å². The first-order valence-corrected chi connectivity index (χ1v) is 8.02. The van der Waals surface area contributed by atoms with Crippen LogP contribution in [0.5, 0.6) is 17.5 Å². The normalized spacial score (nSPS) is 10.8. The number of hydrogen-bond acceptors (Lipinski definition) is 5. The summed E-state index contributed by atoms with van der Waals surface area (Å²) in [5.74, 6) is 2.20. The van der Waals surface area contributed by atoms with Gasteiger partial charge in [-0.3, -0.25) is 0 Å². The highest BCUT2D eigenvalue weighted by atomic mass is 16.5. The van der Waals surface area contributed by atoms with E-state index in [9.17, 15) is 0 Å². The molecule has 1 aromatic carbocycles. The van der Waals surface area contributed by atoms with Crippen LogP contribution in [0, 0.1) is 0 Å². The van der Waals surface area contributed by atoms with Gasteiger partial charge in [-0.05, 0) is 37.3 Å². The molecule has 0 atom stereocenters. The van der Waals surface area contributed by atoms with Crippen molar-refractivity contribution in [1.82, 2.24) is 19.6 Å². The summed E-state index contributed by atoms with van der Waals surface area (Å²) in [6.07, 6.45) is 1.85. The van der Waals surface area contributed by atoms with Gasteiger partial charge in [0, 0.05) is 12.3 Å². The summed E-state index contributed by atoms with van der Waals surface area (Å²) in [6.45, 7) is 2.47. The molecular formula is C19H16N4O2. The summed E-state index contributed by atoms with van der Waals surface area (Å²) in [4.78, 5) is 9.02. The van der Waals surface area contributed by atoms with Crippen LogP contribution in [0.3, 0.4) is 0 Å². The Morgan fingerprint density at radius 1 is 0.920 bits per heavy atom. The second-order valence-corrected chi connectivity index (χ2v) is 5.29. The van der Waals surface area contributed by atoms with Crippen LogP contribution < -0.4 is 9.47 Å². The van der Waals surface area contributed by atoms with Crippen LogP contribution in [0.2, 0.25) is 0 Å². The van der Waals surface area contributed by atoms with Gasteiger partial charge in [-0.25, -0.2) is 9.50 Å². The molecule has 0 radical (unpaired) electrons. The van der Waals surface area contributed by atoms with Crippen LogP contribution in [0.25, 0.3) is 17.0 Å². The van der Waals surface area contributed by atoms with Gasteiger partial charge in [0.1, 0.15) is 17.0 Å².